The number of ether oxygens (including phenoxy) is 2. The minimum absolute atomic E-state index is 0.156. The second-order valence-electron chi connectivity index (χ2n) is 2.72. The van der Waals surface area contributed by atoms with Crippen molar-refractivity contribution >= 4 is 11.9 Å². The normalized spacial score (nSPS) is 11.6. The molecule has 0 aliphatic heterocycles. The first-order valence-electron chi connectivity index (χ1n) is 3.89. The predicted octanol–water partition coefficient (Wildman–Crippen LogP) is 0.915. The molecule has 0 amide bonds. The van der Waals surface area contributed by atoms with Crippen LogP contribution in [0, 0.1) is 5.92 Å². The number of carbonyl (C=O) groups excluding carboxylic acids is 2. The molecule has 0 bridgehead atoms. The second kappa shape index (κ2) is 5.35. The summed E-state index contributed by atoms with van der Waals surface area (Å²) in [6.07, 6.45) is 0. The van der Waals surface area contributed by atoms with E-state index in [0.29, 0.717) is 5.57 Å². The average Bonchev–Trinajstić information content (AvgIpc) is 2.11. The Morgan fingerprint density at radius 2 is 2.00 bits per heavy atom. The molecule has 0 N–H and O–H groups in total. The van der Waals surface area contributed by atoms with Gasteiger partial charge in [-0.2, -0.15) is 0 Å². The van der Waals surface area contributed by atoms with Crippen LogP contribution in [-0.4, -0.2) is 25.7 Å². The Morgan fingerprint density at radius 1 is 1.46 bits per heavy atom. The van der Waals surface area contributed by atoms with Crippen molar-refractivity contribution in [1.82, 2.24) is 0 Å². The minimum Gasteiger partial charge on any atom is -0.466 e. The highest BCUT2D eigenvalue weighted by Gasteiger charge is 2.15. The third-order valence-electron chi connectivity index (χ3n) is 1.58. The van der Waals surface area contributed by atoms with E-state index in [1.54, 1.807) is 6.92 Å². The van der Waals surface area contributed by atoms with Gasteiger partial charge in [-0.15, -0.1) is 0 Å². The molecule has 0 aromatic rings. The monoisotopic (exact) mass is 186 g/mol. The van der Waals surface area contributed by atoms with E-state index in [0.717, 1.165) is 0 Å². The van der Waals surface area contributed by atoms with Crippen LogP contribution in [0.2, 0.25) is 0 Å². The average molecular weight is 186 g/mol. The van der Waals surface area contributed by atoms with Crippen molar-refractivity contribution in [2.45, 2.75) is 13.8 Å². The van der Waals surface area contributed by atoms with Gasteiger partial charge in [0.2, 0.25) is 0 Å². The second-order valence-corrected chi connectivity index (χ2v) is 2.72. The number of carbonyl (C=O) groups is 2. The van der Waals surface area contributed by atoms with Crippen molar-refractivity contribution in [2.75, 3.05) is 13.7 Å². The summed E-state index contributed by atoms with van der Waals surface area (Å²) in [5.74, 6) is -1.06. The summed E-state index contributed by atoms with van der Waals surface area (Å²) in [5.41, 5.74) is 0.309. The predicted molar refractivity (Wildman–Crippen MR) is 47.0 cm³/mol. The van der Waals surface area contributed by atoms with E-state index in [9.17, 15) is 9.59 Å². The molecule has 0 rings (SSSR count). The highest BCUT2D eigenvalue weighted by Crippen LogP contribution is 2.09. The highest BCUT2D eigenvalue weighted by molar-refractivity contribution is 5.88. The van der Waals surface area contributed by atoms with Crippen LogP contribution in [0.25, 0.3) is 0 Å². The van der Waals surface area contributed by atoms with Crippen LogP contribution in [-0.2, 0) is 19.1 Å². The van der Waals surface area contributed by atoms with E-state index in [4.69, 9.17) is 4.74 Å². The number of methoxy groups -OCH3 is 1. The molecule has 74 valence electrons. The largest absolute Gasteiger partial charge is 0.466 e. The Morgan fingerprint density at radius 3 is 2.38 bits per heavy atom. The lowest BCUT2D eigenvalue weighted by atomic mass is 10.0. The van der Waals surface area contributed by atoms with Crippen LogP contribution in [0.1, 0.15) is 13.8 Å². The number of hydrogen-bond donors (Lipinski definition) is 0. The van der Waals surface area contributed by atoms with Crippen LogP contribution < -0.4 is 0 Å². The molecule has 0 fully saturated rings. The molecule has 0 spiro atoms. The molecule has 13 heavy (non-hydrogen) atoms. The fourth-order valence-corrected chi connectivity index (χ4v) is 0.675. The summed E-state index contributed by atoms with van der Waals surface area (Å²) < 4.78 is 9.17. The summed E-state index contributed by atoms with van der Waals surface area (Å²) in [7, 11) is 1.28. The van der Waals surface area contributed by atoms with Gasteiger partial charge >= 0.3 is 11.9 Å². The Bertz CT molecular complexity index is 220. The van der Waals surface area contributed by atoms with Gasteiger partial charge in [-0.1, -0.05) is 13.5 Å². The summed E-state index contributed by atoms with van der Waals surface area (Å²) in [6.45, 7) is 6.74. The third kappa shape index (κ3) is 4.30. The zero-order valence-corrected chi connectivity index (χ0v) is 8.12. The molecule has 0 aromatic heterocycles. The molecule has 0 saturated carbocycles. The zero-order chi connectivity index (χ0) is 10.4. The van der Waals surface area contributed by atoms with Crippen LogP contribution in [0.4, 0.5) is 0 Å². The van der Waals surface area contributed by atoms with Crippen LogP contribution in [0.3, 0.4) is 0 Å². The van der Waals surface area contributed by atoms with Crippen LogP contribution in [0.15, 0.2) is 12.2 Å². The molecule has 4 heteroatoms. The van der Waals surface area contributed by atoms with E-state index < -0.39 is 5.97 Å². The first-order valence-corrected chi connectivity index (χ1v) is 3.89. The van der Waals surface area contributed by atoms with Gasteiger partial charge in [0, 0.05) is 18.4 Å². The van der Waals surface area contributed by atoms with E-state index in [1.165, 1.54) is 14.0 Å². The lowest BCUT2D eigenvalue weighted by Crippen LogP contribution is -2.17. The quantitative estimate of drug-likeness (QED) is 0.484. The summed E-state index contributed by atoms with van der Waals surface area (Å²) in [4.78, 5) is 21.4. The molecule has 4 nitrogen and oxygen atoms in total. The van der Waals surface area contributed by atoms with Crippen molar-refractivity contribution in [2.24, 2.45) is 5.92 Å². The molecule has 1 atom stereocenters. The van der Waals surface area contributed by atoms with E-state index >= 15 is 0 Å². The van der Waals surface area contributed by atoms with E-state index in [-0.39, 0.29) is 18.5 Å². The van der Waals surface area contributed by atoms with Gasteiger partial charge in [0.25, 0.3) is 0 Å². The lowest BCUT2D eigenvalue weighted by Gasteiger charge is -2.11. The molecule has 0 aliphatic carbocycles. The number of rotatable bonds is 4. The minimum atomic E-state index is -0.473. The van der Waals surface area contributed by atoms with Gasteiger partial charge in [0.05, 0.1) is 13.7 Å². The molecule has 0 aromatic carbocycles. The highest BCUT2D eigenvalue weighted by atomic mass is 16.5. The van der Waals surface area contributed by atoms with Crippen molar-refractivity contribution in [3.05, 3.63) is 12.2 Å². The number of esters is 2. The van der Waals surface area contributed by atoms with Gasteiger partial charge in [-0.25, -0.2) is 4.79 Å². The smallest absolute Gasteiger partial charge is 0.333 e. The topological polar surface area (TPSA) is 52.6 Å². The fraction of sp³-hybridized carbons (Fsp3) is 0.556. The van der Waals surface area contributed by atoms with Crippen LogP contribution >= 0.6 is 0 Å². The van der Waals surface area contributed by atoms with Crippen molar-refractivity contribution in [1.29, 1.82) is 0 Å². The molecule has 1 unspecified atom stereocenters. The van der Waals surface area contributed by atoms with Gasteiger partial charge in [0.1, 0.15) is 0 Å². The number of hydrogen-bond acceptors (Lipinski definition) is 4. The molecule has 0 aliphatic rings. The van der Waals surface area contributed by atoms with Crippen LogP contribution in [0.5, 0.6) is 0 Å². The van der Waals surface area contributed by atoms with Gasteiger partial charge in [0.15, 0.2) is 0 Å². The zero-order valence-electron chi connectivity index (χ0n) is 8.12. The first-order chi connectivity index (χ1) is 5.99. The van der Waals surface area contributed by atoms with Gasteiger partial charge in [-0.3, -0.25) is 4.79 Å². The fourth-order valence-electron chi connectivity index (χ4n) is 0.675. The third-order valence-corrected chi connectivity index (χ3v) is 1.58. The van der Waals surface area contributed by atoms with Crippen molar-refractivity contribution in [3.63, 3.8) is 0 Å². The Kier molecular flexibility index (Phi) is 4.80. The Balaban J connectivity index is 3.96. The van der Waals surface area contributed by atoms with Crippen molar-refractivity contribution in [3.8, 4) is 0 Å². The maximum Gasteiger partial charge on any atom is 0.333 e. The molecular weight excluding hydrogens is 172 g/mol. The maximum absolute atomic E-state index is 10.9. The Labute approximate surface area is 77.5 Å². The lowest BCUT2D eigenvalue weighted by molar-refractivity contribution is -0.143. The van der Waals surface area contributed by atoms with E-state index in [1.807, 2.05) is 0 Å². The van der Waals surface area contributed by atoms with Gasteiger partial charge in [-0.05, 0) is 0 Å². The Hall–Kier alpha value is -1.32. The van der Waals surface area contributed by atoms with E-state index in [2.05, 4.69) is 11.3 Å². The summed E-state index contributed by atoms with van der Waals surface area (Å²) in [5, 5.41) is 0. The molecule has 0 heterocycles. The standard InChI is InChI=1S/C9H14O4/c1-6(5-13-8(3)10)7(2)9(11)12-4/h6H,2,5H2,1,3-4H3. The molecule has 0 radical (unpaired) electrons. The molecular formula is C9H14O4. The van der Waals surface area contributed by atoms with Gasteiger partial charge < -0.3 is 9.47 Å². The maximum atomic E-state index is 10.9. The SMILES string of the molecule is C=C(C(=O)OC)C(C)COC(C)=O. The molecule has 0 saturated heterocycles. The summed E-state index contributed by atoms with van der Waals surface area (Å²) >= 11 is 0. The first kappa shape index (κ1) is 11.7. The van der Waals surface area contributed by atoms with Crippen molar-refractivity contribution < 1.29 is 19.1 Å². The summed E-state index contributed by atoms with van der Waals surface area (Å²) in [6, 6.07) is 0.